The van der Waals surface area contributed by atoms with Gasteiger partial charge in [0.25, 0.3) is 5.91 Å². The van der Waals surface area contributed by atoms with E-state index in [1.54, 1.807) is 17.8 Å². The summed E-state index contributed by atoms with van der Waals surface area (Å²) in [7, 11) is 0. The molecule has 3 rings (SSSR count). The zero-order valence-corrected chi connectivity index (χ0v) is 13.5. The fourth-order valence-corrected chi connectivity index (χ4v) is 3.97. The molecule has 1 aliphatic heterocycles. The zero-order chi connectivity index (χ0) is 15.7. The topological polar surface area (TPSA) is 29.1 Å². The third-order valence-corrected chi connectivity index (χ3v) is 4.92. The fourth-order valence-electron chi connectivity index (χ4n) is 2.86. The smallest absolute Gasteiger partial charge is 0.251 e. The first-order chi connectivity index (χ1) is 10.5. The predicted octanol–water partition coefficient (Wildman–Crippen LogP) is 4.41. The van der Waals surface area contributed by atoms with Crippen LogP contribution in [0.15, 0.2) is 41.3 Å². The lowest BCUT2D eigenvalue weighted by Crippen LogP contribution is -2.30. The molecule has 0 radical (unpaired) electrons. The molecule has 22 heavy (non-hydrogen) atoms. The number of halogens is 1. The summed E-state index contributed by atoms with van der Waals surface area (Å²) < 4.78 is 13.5. The van der Waals surface area contributed by atoms with Gasteiger partial charge in [0.05, 0.1) is 6.04 Å². The van der Waals surface area contributed by atoms with Crippen molar-refractivity contribution in [3.63, 3.8) is 0 Å². The number of thioether (sulfide) groups is 1. The maximum Gasteiger partial charge on any atom is 0.251 e. The van der Waals surface area contributed by atoms with Crippen molar-refractivity contribution in [2.75, 3.05) is 5.75 Å². The van der Waals surface area contributed by atoms with Crippen LogP contribution >= 0.6 is 11.8 Å². The summed E-state index contributed by atoms with van der Waals surface area (Å²) in [6, 6.07) is 10.5. The Balaban J connectivity index is 1.85. The number of nitrogens with one attached hydrogen (secondary N) is 1. The number of hydrogen-bond donors (Lipinski definition) is 1. The van der Waals surface area contributed by atoms with Crippen molar-refractivity contribution in [2.45, 2.75) is 31.2 Å². The summed E-state index contributed by atoms with van der Waals surface area (Å²) in [5.41, 5.74) is 3.68. The Kier molecular flexibility index (Phi) is 4.21. The molecule has 1 unspecified atom stereocenters. The van der Waals surface area contributed by atoms with E-state index < -0.39 is 0 Å². The molecule has 2 aromatic rings. The van der Waals surface area contributed by atoms with Crippen LogP contribution in [0, 0.1) is 19.7 Å². The molecule has 1 aliphatic rings. The first-order valence-corrected chi connectivity index (χ1v) is 8.33. The van der Waals surface area contributed by atoms with Crippen LogP contribution in [0.5, 0.6) is 0 Å². The number of amides is 1. The van der Waals surface area contributed by atoms with Crippen LogP contribution in [0.25, 0.3) is 0 Å². The number of benzene rings is 2. The highest BCUT2D eigenvalue weighted by Crippen LogP contribution is 2.36. The van der Waals surface area contributed by atoms with E-state index in [-0.39, 0.29) is 17.8 Å². The van der Waals surface area contributed by atoms with Gasteiger partial charge < -0.3 is 5.32 Å². The molecule has 4 heteroatoms. The van der Waals surface area contributed by atoms with Gasteiger partial charge in [0.1, 0.15) is 5.82 Å². The van der Waals surface area contributed by atoms with Crippen LogP contribution in [0.4, 0.5) is 4.39 Å². The minimum absolute atomic E-state index is 0.0982. The molecule has 0 saturated heterocycles. The molecule has 0 spiro atoms. The Morgan fingerprint density at radius 1 is 1.18 bits per heavy atom. The molecule has 0 saturated carbocycles. The van der Waals surface area contributed by atoms with Crippen LogP contribution in [-0.2, 0) is 0 Å². The van der Waals surface area contributed by atoms with Gasteiger partial charge >= 0.3 is 0 Å². The lowest BCUT2D eigenvalue weighted by atomic mass is 10.0. The number of hydrogen-bond acceptors (Lipinski definition) is 2. The van der Waals surface area contributed by atoms with E-state index in [0.29, 0.717) is 5.56 Å². The molecule has 0 aromatic heterocycles. The molecule has 2 nitrogen and oxygen atoms in total. The quantitative estimate of drug-likeness (QED) is 0.889. The summed E-state index contributed by atoms with van der Waals surface area (Å²) in [6.07, 6.45) is 0.817. The minimum atomic E-state index is -0.258. The molecule has 114 valence electrons. The Bertz CT molecular complexity index is 709. The van der Waals surface area contributed by atoms with Gasteiger partial charge in [-0.25, -0.2) is 4.39 Å². The van der Waals surface area contributed by atoms with Crippen molar-refractivity contribution in [3.8, 4) is 0 Å². The molecule has 0 fully saturated rings. The second kappa shape index (κ2) is 6.13. The van der Waals surface area contributed by atoms with Gasteiger partial charge in [-0.3, -0.25) is 4.79 Å². The Morgan fingerprint density at radius 3 is 2.64 bits per heavy atom. The largest absolute Gasteiger partial charge is 0.345 e. The third-order valence-electron chi connectivity index (χ3n) is 3.80. The standard InChI is InChI=1S/C18H18FNOS/c1-11-7-12(2)9-13(8-11)18(21)20-16-5-6-22-17-4-3-14(19)10-15(16)17/h3-4,7-10,16H,5-6H2,1-2H3,(H,20,21). The average molecular weight is 315 g/mol. The predicted molar refractivity (Wildman–Crippen MR) is 87.9 cm³/mol. The maximum atomic E-state index is 13.5. The maximum absolute atomic E-state index is 13.5. The molecule has 2 aromatic carbocycles. The summed E-state index contributed by atoms with van der Waals surface area (Å²) in [6.45, 7) is 3.96. The van der Waals surface area contributed by atoms with Gasteiger partial charge in [-0.2, -0.15) is 0 Å². The highest BCUT2D eigenvalue weighted by molar-refractivity contribution is 7.99. The van der Waals surface area contributed by atoms with Gasteiger partial charge in [-0.15, -0.1) is 11.8 Å². The highest BCUT2D eigenvalue weighted by Gasteiger charge is 2.23. The van der Waals surface area contributed by atoms with E-state index in [2.05, 4.69) is 5.32 Å². The SMILES string of the molecule is Cc1cc(C)cc(C(=O)NC2CCSc3ccc(F)cc32)c1. The lowest BCUT2D eigenvalue weighted by Gasteiger charge is -2.26. The van der Waals surface area contributed by atoms with Gasteiger partial charge in [0, 0.05) is 16.2 Å². The van der Waals surface area contributed by atoms with Crippen LogP contribution in [0.2, 0.25) is 0 Å². The second-order valence-electron chi connectivity index (χ2n) is 5.72. The van der Waals surface area contributed by atoms with Crippen LogP contribution in [0.3, 0.4) is 0 Å². The molecular weight excluding hydrogens is 297 g/mol. The second-order valence-corrected chi connectivity index (χ2v) is 6.86. The molecular formula is C18H18FNOS. The zero-order valence-electron chi connectivity index (χ0n) is 12.7. The number of carbonyl (C=O) groups is 1. The van der Waals surface area contributed by atoms with Gasteiger partial charge in [0.15, 0.2) is 0 Å². The van der Waals surface area contributed by atoms with Crippen molar-refractivity contribution in [3.05, 3.63) is 64.5 Å². The van der Waals surface area contributed by atoms with Crippen molar-refractivity contribution in [2.24, 2.45) is 0 Å². The van der Waals surface area contributed by atoms with E-state index in [4.69, 9.17) is 0 Å². The Labute approximate surface area is 134 Å². The summed E-state index contributed by atoms with van der Waals surface area (Å²) in [5.74, 6) is 0.571. The minimum Gasteiger partial charge on any atom is -0.345 e. The number of aryl methyl sites for hydroxylation is 2. The van der Waals surface area contributed by atoms with Crippen molar-refractivity contribution in [1.29, 1.82) is 0 Å². The van der Waals surface area contributed by atoms with Crippen molar-refractivity contribution < 1.29 is 9.18 Å². The number of fused-ring (bicyclic) bond motifs is 1. The normalized spacial score (nSPS) is 17.0. The van der Waals surface area contributed by atoms with Crippen LogP contribution < -0.4 is 5.32 Å². The summed E-state index contributed by atoms with van der Waals surface area (Å²) in [5, 5.41) is 3.05. The molecule has 0 bridgehead atoms. The Morgan fingerprint density at radius 2 is 1.91 bits per heavy atom. The number of rotatable bonds is 2. The first kappa shape index (κ1) is 15.1. The Hall–Kier alpha value is -1.81. The lowest BCUT2D eigenvalue weighted by molar-refractivity contribution is 0.0934. The average Bonchev–Trinajstić information content (AvgIpc) is 2.47. The summed E-state index contributed by atoms with van der Waals surface area (Å²) >= 11 is 1.71. The van der Waals surface area contributed by atoms with E-state index in [0.717, 1.165) is 33.8 Å². The van der Waals surface area contributed by atoms with E-state index >= 15 is 0 Å². The molecule has 0 aliphatic carbocycles. The van der Waals surface area contributed by atoms with Gasteiger partial charge in [-0.05, 0) is 56.2 Å². The number of carbonyl (C=O) groups excluding carboxylic acids is 1. The molecule has 1 atom stereocenters. The van der Waals surface area contributed by atoms with Crippen LogP contribution in [-0.4, -0.2) is 11.7 Å². The van der Waals surface area contributed by atoms with E-state index in [9.17, 15) is 9.18 Å². The molecule has 1 heterocycles. The van der Waals surface area contributed by atoms with Crippen LogP contribution in [0.1, 0.15) is 39.5 Å². The van der Waals surface area contributed by atoms with Crippen molar-refractivity contribution >= 4 is 17.7 Å². The van der Waals surface area contributed by atoms with Gasteiger partial charge in [-0.1, -0.05) is 17.2 Å². The van der Waals surface area contributed by atoms with E-state index in [1.165, 1.54) is 12.1 Å². The monoisotopic (exact) mass is 315 g/mol. The fraction of sp³-hybridized carbons (Fsp3) is 0.278. The molecule has 1 N–H and O–H groups in total. The first-order valence-electron chi connectivity index (χ1n) is 7.34. The van der Waals surface area contributed by atoms with Gasteiger partial charge in [0.2, 0.25) is 0 Å². The third kappa shape index (κ3) is 3.17. The molecule has 1 amide bonds. The van der Waals surface area contributed by atoms with Crippen molar-refractivity contribution in [1.82, 2.24) is 5.32 Å². The van der Waals surface area contributed by atoms with E-state index in [1.807, 2.05) is 32.0 Å². The summed E-state index contributed by atoms with van der Waals surface area (Å²) in [4.78, 5) is 13.6. The highest BCUT2D eigenvalue weighted by atomic mass is 32.2.